The largest absolute Gasteiger partial charge is 0.481 e. The molecule has 102 heavy (non-hydrogen) atoms. The van der Waals surface area contributed by atoms with Crippen LogP contribution in [-0.4, -0.2) is 236 Å². The van der Waals surface area contributed by atoms with Gasteiger partial charge in [-0.15, -0.1) is 0 Å². The van der Waals surface area contributed by atoms with E-state index in [1.807, 2.05) is 0 Å². The van der Waals surface area contributed by atoms with Crippen LogP contribution in [0.1, 0.15) is 179 Å². The van der Waals surface area contributed by atoms with E-state index in [4.69, 9.17) is 11.5 Å². The summed E-state index contributed by atoms with van der Waals surface area (Å²) >= 11 is 0. The number of aliphatic carboxylic acids is 3. The van der Waals surface area contributed by atoms with Gasteiger partial charge in [-0.1, -0.05) is 55.4 Å². The highest BCUT2D eigenvalue weighted by atomic mass is 16.4. The normalized spacial score (nSPS) is 19.0. The van der Waals surface area contributed by atoms with Crippen LogP contribution in [0, 0.1) is 23.7 Å². The number of nitrogens with one attached hydrogen (secondary N) is 12. The molecule has 3 heterocycles. The van der Waals surface area contributed by atoms with Gasteiger partial charge in [-0.05, 0) is 141 Å². The molecule has 574 valence electrons. The predicted octanol–water partition coefficient (Wildman–Crippen LogP) is -3.66. The van der Waals surface area contributed by atoms with Crippen LogP contribution >= 0.6 is 0 Å². The zero-order chi connectivity index (χ0) is 77.0. The summed E-state index contributed by atoms with van der Waals surface area (Å²) in [5.41, 5.74) is 11.2. The van der Waals surface area contributed by atoms with Gasteiger partial charge in [0.2, 0.25) is 82.7 Å². The molecule has 0 aliphatic carbocycles. The van der Waals surface area contributed by atoms with Crippen molar-refractivity contribution in [3.63, 3.8) is 0 Å². The van der Waals surface area contributed by atoms with E-state index in [1.165, 1.54) is 30.6 Å². The predicted molar refractivity (Wildman–Crippen MR) is 365 cm³/mol. The van der Waals surface area contributed by atoms with Crippen molar-refractivity contribution in [3.05, 3.63) is 0 Å². The van der Waals surface area contributed by atoms with Crippen LogP contribution in [0.3, 0.4) is 0 Å². The number of nitrogens with zero attached hydrogens (tertiary/aromatic N) is 2. The minimum atomic E-state index is -1.90. The zero-order valence-corrected chi connectivity index (χ0v) is 60.4. The number of rotatable bonds is 43. The monoisotopic (exact) mass is 1450 g/mol. The highest BCUT2D eigenvalue weighted by Gasteiger charge is 2.44. The molecule has 0 radical (unpaired) electrons. The first kappa shape index (κ1) is 87.1. The third kappa shape index (κ3) is 28.4. The summed E-state index contributed by atoms with van der Waals surface area (Å²) in [4.78, 5) is 230. The first-order valence-electron chi connectivity index (χ1n) is 35.1. The van der Waals surface area contributed by atoms with E-state index in [9.17, 15) is 96.8 Å². The van der Waals surface area contributed by atoms with Gasteiger partial charge in [0.25, 0.3) is 0 Å². The maximum atomic E-state index is 14.7. The molecule has 3 fully saturated rings. The van der Waals surface area contributed by atoms with Gasteiger partial charge >= 0.3 is 17.9 Å². The molecule has 0 bridgehead atoms. The molecular weight excluding hydrogens is 1340 g/mol. The molecule has 0 aromatic carbocycles. The van der Waals surface area contributed by atoms with Crippen molar-refractivity contribution in [2.45, 2.75) is 263 Å². The van der Waals surface area contributed by atoms with Crippen molar-refractivity contribution in [1.29, 1.82) is 0 Å². The molecule has 36 heteroatoms. The number of carboxylic acid groups (broad SMARTS) is 3. The molecular formula is C66H110N16O20. The summed E-state index contributed by atoms with van der Waals surface area (Å²) in [6.07, 6.45) is -0.201. The van der Waals surface area contributed by atoms with Crippen molar-refractivity contribution < 1.29 is 96.8 Å². The summed E-state index contributed by atoms with van der Waals surface area (Å²) in [7, 11) is 0. The topological polar surface area (TPSA) is 554 Å². The second kappa shape index (κ2) is 42.4. The third-order valence-corrected chi connectivity index (χ3v) is 17.6. The molecule has 0 saturated carbocycles. The van der Waals surface area contributed by atoms with Crippen molar-refractivity contribution in [3.8, 4) is 0 Å². The summed E-state index contributed by atoms with van der Waals surface area (Å²) in [6.45, 7) is 18.3. The fourth-order valence-corrected chi connectivity index (χ4v) is 11.9. The van der Waals surface area contributed by atoms with Crippen molar-refractivity contribution in [2.24, 2.45) is 35.1 Å². The molecule has 0 spiro atoms. The molecule has 0 aromatic heterocycles. The smallest absolute Gasteiger partial charge is 0.326 e. The van der Waals surface area contributed by atoms with E-state index >= 15 is 0 Å². The Bertz CT molecular complexity index is 3000. The number of nitrogens with two attached hydrogens (primary N) is 2. The number of carbonyl (C=O) groups is 17. The number of likely N-dealkylation sites (tertiary alicyclic amines) is 2. The highest BCUT2D eigenvalue weighted by molar-refractivity contribution is 6.01. The number of hydrogen-bond acceptors (Lipinski definition) is 19. The average Bonchev–Trinajstić information content (AvgIpc) is 1.61. The molecule has 0 unspecified atom stereocenters. The van der Waals surface area contributed by atoms with Crippen LogP contribution in [0.25, 0.3) is 0 Å². The van der Waals surface area contributed by atoms with Crippen LogP contribution in [0.15, 0.2) is 0 Å². The van der Waals surface area contributed by atoms with Crippen LogP contribution in [0.4, 0.5) is 0 Å². The maximum Gasteiger partial charge on any atom is 0.326 e. The molecule has 19 N–H and O–H groups in total. The van der Waals surface area contributed by atoms with Gasteiger partial charge in [-0.2, -0.15) is 0 Å². The fourth-order valence-electron chi connectivity index (χ4n) is 11.9. The number of carbonyl (C=O) groups excluding carboxylic acids is 14. The summed E-state index contributed by atoms with van der Waals surface area (Å²) in [5, 5.41) is 59.6. The fraction of sp³-hybridized carbons (Fsp3) is 0.742. The Morgan fingerprint density at radius 3 is 1.37 bits per heavy atom. The first-order chi connectivity index (χ1) is 47.8. The minimum absolute atomic E-state index is 0.0205. The number of hydrogen-bond donors (Lipinski definition) is 17. The van der Waals surface area contributed by atoms with E-state index in [0.29, 0.717) is 32.2 Å². The summed E-state index contributed by atoms with van der Waals surface area (Å²) in [5.74, 6) is -17.7. The van der Waals surface area contributed by atoms with Crippen LogP contribution in [0.2, 0.25) is 0 Å². The first-order valence-corrected chi connectivity index (χ1v) is 35.1. The number of unbranched alkanes of at least 4 members (excludes halogenated alkanes) is 1. The lowest BCUT2D eigenvalue weighted by molar-refractivity contribution is -0.145. The van der Waals surface area contributed by atoms with Crippen LogP contribution in [0.5, 0.6) is 0 Å². The second-order valence-electron chi connectivity index (χ2n) is 28.0. The molecule has 0 aromatic rings. The van der Waals surface area contributed by atoms with Crippen LogP contribution in [-0.2, 0) is 81.5 Å². The van der Waals surface area contributed by atoms with Gasteiger partial charge in [0.1, 0.15) is 78.5 Å². The Balaban J connectivity index is 1.80. The Labute approximate surface area is 593 Å². The van der Waals surface area contributed by atoms with E-state index in [2.05, 4.69) is 63.8 Å². The SMILES string of the molecule is CC(C)C[C@H](NC(=O)[C@H](C)NC(=O)[C@H](CC(=O)O)NC(=O)[C@H](CCC(N)=O)NC(=O)[C@H](CCCCN)NC(=O)[C@@H](NC(=O)[C@H](CC(C)C)NC(=O)[C@@H]1CCCN1C(=O)[C@@H](NC(=O)[C@@H]1CCCN1C(=O)[C@H](CCC(=O)O)NC(=O)[C@H](C)NC(=O)[C@H](C)NC(=O)[C@@H]1CCCN1)C(C)C)C(C)C)C(=O)O. The Hall–Kier alpha value is -9.09. The van der Waals surface area contributed by atoms with Gasteiger partial charge in [-0.3, -0.25) is 76.7 Å². The third-order valence-electron chi connectivity index (χ3n) is 17.6. The van der Waals surface area contributed by atoms with Gasteiger partial charge in [-0.25, -0.2) is 4.79 Å². The highest BCUT2D eigenvalue weighted by Crippen LogP contribution is 2.25. The molecule has 3 aliphatic heterocycles. The number of primary amides is 1. The standard InChI is InChI=1S/C66H110N16O20/c1-32(2)29-43(60(95)79-51(34(5)6)63(98)74-40(17-12-13-25-67)57(92)73-41(21-23-48(68)83)58(93)76-44(31-50(86)87)59(94)72-38(11)55(90)78-45(66(101)102)30-33(3)4)77-61(96)46-19-16-28-82(46)65(100)52(35(7)8)80-62(97)47-20-15-27-81(47)64(99)42(22-24-49(84)85)75-54(89)37(10)70-53(88)36(9)71-56(91)39-18-14-26-69-39/h32-47,51-52,69H,12-31,67H2,1-11H3,(H2,68,83)(H,70,88)(H,71,91)(H,72,94)(H,73,92)(H,74,98)(H,75,89)(H,76,93)(H,77,96)(H,78,90)(H,79,95)(H,80,97)(H,84,85)(H,86,87)(H,101,102)/t36-,37-,38-,39-,40-,41-,42-,43-,44-,45-,46-,47-,51-,52-/m0/s1. The van der Waals surface area contributed by atoms with E-state index in [0.717, 1.165) is 6.42 Å². The molecule has 3 rings (SSSR count). The van der Waals surface area contributed by atoms with Crippen LogP contribution < -0.4 is 75.3 Å². The molecule has 3 aliphatic rings. The zero-order valence-electron chi connectivity index (χ0n) is 60.4. The lowest BCUT2D eigenvalue weighted by atomic mass is 9.98. The van der Waals surface area contributed by atoms with E-state index < -0.39 is 223 Å². The van der Waals surface area contributed by atoms with Crippen molar-refractivity contribution in [1.82, 2.24) is 73.6 Å². The Morgan fingerprint density at radius 1 is 0.422 bits per heavy atom. The quantitative estimate of drug-likeness (QED) is 0.0262. The van der Waals surface area contributed by atoms with Gasteiger partial charge in [0.15, 0.2) is 0 Å². The van der Waals surface area contributed by atoms with E-state index in [1.54, 1.807) is 55.4 Å². The molecule has 14 atom stereocenters. The van der Waals surface area contributed by atoms with Gasteiger partial charge < -0.3 is 100 Å². The number of carboxylic acids is 3. The maximum absolute atomic E-state index is 14.7. The minimum Gasteiger partial charge on any atom is -0.481 e. The summed E-state index contributed by atoms with van der Waals surface area (Å²) in [6, 6.07) is -18.4. The average molecular weight is 1450 g/mol. The van der Waals surface area contributed by atoms with Crippen molar-refractivity contribution in [2.75, 3.05) is 26.2 Å². The van der Waals surface area contributed by atoms with Crippen molar-refractivity contribution >= 4 is 101 Å². The van der Waals surface area contributed by atoms with Gasteiger partial charge in [0.05, 0.1) is 12.5 Å². The van der Waals surface area contributed by atoms with E-state index in [-0.39, 0.29) is 75.9 Å². The lowest BCUT2D eigenvalue weighted by Crippen LogP contribution is -2.61. The number of amides is 14. The Morgan fingerprint density at radius 2 is 0.873 bits per heavy atom. The lowest BCUT2D eigenvalue weighted by Gasteiger charge is -2.33. The summed E-state index contributed by atoms with van der Waals surface area (Å²) < 4.78 is 0. The second-order valence-corrected chi connectivity index (χ2v) is 28.0. The van der Waals surface area contributed by atoms with Gasteiger partial charge in [0, 0.05) is 25.9 Å². The molecule has 36 nitrogen and oxygen atoms in total. The molecule has 3 saturated heterocycles. The molecule has 14 amide bonds. The Kier molecular flexibility index (Phi) is 36.2.